The summed E-state index contributed by atoms with van der Waals surface area (Å²) in [4.78, 5) is 22.3. The normalized spacial score (nSPS) is 24.4. The van der Waals surface area contributed by atoms with Crippen molar-refractivity contribution in [1.29, 1.82) is 0 Å². The average molecular weight is 280 g/mol. The summed E-state index contributed by atoms with van der Waals surface area (Å²) < 4.78 is 10.5. The number of esters is 2. The lowest BCUT2D eigenvalue weighted by atomic mass is 9.67. The fourth-order valence-corrected chi connectivity index (χ4v) is 2.51. The Morgan fingerprint density at radius 3 is 2.40 bits per heavy atom. The van der Waals surface area contributed by atoms with Gasteiger partial charge in [0.2, 0.25) is 0 Å². The van der Waals surface area contributed by atoms with Gasteiger partial charge in [-0.3, -0.25) is 0 Å². The van der Waals surface area contributed by atoms with Crippen molar-refractivity contribution >= 4 is 11.9 Å². The summed E-state index contributed by atoms with van der Waals surface area (Å²) in [5, 5.41) is 0. The molecule has 4 nitrogen and oxygen atoms in total. The second-order valence-electron chi connectivity index (χ2n) is 5.31. The van der Waals surface area contributed by atoms with Gasteiger partial charge >= 0.3 is 11.9 Å². The number of hydrogen-bond donors (Lipinski definition) is 0. The molecular weight excluding hydrogens is 256 g/mol. The van der Waals surface area contributed by atoms with Crippen LogP contribution in [0.15, 0.2) is 25.3 Å². The third kappa shape index (κ3) is 4.51. The summed E-state index contributed by atoms with van der Waals surface area (Å²) >= 11 is 0. The Kier molecular flexibility index (Phi) is 6.49. The quantitative estimate of drug-likeness (QED) is 0.370. The van der Waals surface area contributed by atoms with Gasteiger partial charge in [-0.2, -0.15) is 0 Å². The van der Waals surface area contributed by atoms with Crippen LogP contribution in [0.3, 0.4) is 0 Å². The third-order valence-corrected chi connectivity index (χ3v) is 4.02. The van der Waals surface area contributed by atoms with Crippen molar-refractivity contribution in [3.63, 3.8) is 0 Å². The molecule has 0 amide bonds. The molecular formula is C16H24O4. The molecule has 0 aromatic heterocycles. The molecule has 1 rings (SSSR count). The maximum Gasteiger partial charge on any atom is 0.330 e. The van der Waals surface area contributed by atoms with Gasteiger partial charge in [0.25, 0.3) is 0 Å². The lowest BCUT2D eigenvalue weighted by molar-refractivity contribution is -0.176. The van der Waals surface area contributed by atoms with E-state index >= 15 is 0 Å². The van der Waals surface area contributed by atoms with Gasteiger partial charge in [0.05, 0.1) is 6.61 Å². The van der Waals surface area contributed by atoms with Gasteiger partial charge in [-0.15, -0.1) is 0 Å². The highest BCUT2D eigenvalue weighted by Crippen LogP contribution is 2.45. The van der Waals surface area contributed by atoms with Crippen LogP contribution in [0, 0.1) is 5.92 Å². The van der Waals surface area contributed by atoms with Crippen molar-refractivity contribution in [1.82, 2.24) is 0 Å². The van der Waals surface area contributed by atoms with E-state index in [4.69, 9.17) is 9.47 Å². The van der Waals surface area contributed by atoms with Crippen LogP contribution < -0.4 is 0 Å². The van der Waals surface area contributed by atoms with Crippen LogP contribution in [0.2, 0.25) is 0 Å². The summed E-state index contributed by atoms with van der Waals surface area (Å²) in [5.41, 5.74) is -0.303. The van der Waals surface area contributed by atoms with Crippen LogP contribution in [0.5, 0.6) is 0 Å². The summed E-state index contributed by atoms with van der Waals surface area (Å²) in [6, 6.07) is 0. The molecule has 4 heteroatoms. The molecule has 1 saturated carbocycles. The molecule has 0 aromatic rings. The molecule has 1 aliphatic rings. The van der Waals surface area contributed by atoms with E-state index in [1.807, 2.05) is 0 Å². The second-order valence-corrected chi connectivity index (χ2v) is 5.31. The van der Waals surface area contributed by atoms with Gasteiger partial charge in [-0.25, -0.2) is 9.59 Å². The summed E-state index contributed by atoms with van der Waals surface area (Å²) in [6.07, 6.45) is 8.01. The van der Waals surface area contributed by atoms with Crippen molar-refractivity contribution in [3.8, 4) is 0 Å². The molecule has 0 bridgehead atoms. The zero-order chi connectivity index (χ0) is 15.0. The molecule has 2 atom stereocenters. The van der Waals surface area contributed by atoms with Crippen molar-refractivity contribution in [2.75, 3.05) is 6.61 Å². The standard InChI is InChI=1S/C16H24O4/c1-4-14(17)19-12-8-6-7-10-16(11-9-13(16)3)20-15(18)5-2/h4-5,13H,1-2,6-12H2,3H3. The van der Waals surface area contributed by atoms with E-state index in [2.05, 4.69) is 20.1 Å². The third-order valence-electron chi connectivity index (χ3n) is 4.02. The Balaban J connectivity index is 2.23. The monoisotopic (exact) mass is 280 g/mol. The van der Waals surface area contributed by atoms with Gasteiger partial charge in [0, 0.05) is 12.2 Å². The summed E-state index contributed by atoms with van der Waals surface area (Å²) in [5.74, 6) is -0.310. The van der Waals surface area contributed by atoms with Crippen LogP contribution in [-0.2, 0) is 19.1 Å². The molecule has 20 heavy (non-hydrogen) atoms. The highest BCUT2D eigenvalue weighted by molar-refractivity contribution is 5.81. The molecule has 0 spiro atoms. The van der Waals surface area contributed by atoms with Gasteiger partial charge < -0.3 is 9.47 Å². The average Bonchev–Trinajstić information content (AvgIpc) is 2.46. The Morgan fingerprint density at radius 1 is 1.20 bits per heavy atom. The lowest BCUT2D eigenvalue weighted by Crippen LogP contribution is -2.49. The van der Waals surface area contributed by atoms with E-state index in [1.165, 1.54) is 12.2 Å². The van der Waals surface area contributed by atoms with Crippen LogP contribution in [0.25, 0.3) is 0 Å². The maximum absolute atomic E-state index is 11.4. The van der Waals surface area contributed by atoms with Crippen molar-refractivity contribution in [2.45, 2.75) is 51.0 Å². The van der Waals surface area contributed by atoms with Gasteiger partial charge in [0.1, 0.15) is 5.60 Å². The number of ether oxygens (including phenoxy) is 2. The predicted molar refractivity (Wildman–Crippen MR) is 77.0 cm³/mol. The Labute approximate surface area is 120 Å². The van der Waals surface area contributed by atoms with Gasteiger partial charge in [0.15, 0.2) is 0 Å². The molecule has 1 aliphatic carbocycles. The van der Waals surface area contributed by atoms with Crippen LogP contribution in [-0.4, -0.2) is 24.1 Å². The molecule has 0 aromatic carbocycles. The number of carbonyl (C=O) groups excluding carboxylic acids is 2. The highest BCUT2D eigenvalue weighted by Gasteiger charge is 2.46. The topological polar surface area (TPSA) is 52.6 Å². The lowest BCUT2D eigenvalue weighted by Gasteiger charge is -2.47. The molecule has 112 valence electrons. The molecule has 0 N–H and O–H groups in total. The molecule has 0 radical (unpaired) electrons. The Bertz CT molecular complexity index is 375. The van der Waals surface area contributed by atoms with Crippen molar-refractivity contribution in [2.24, 2.45) is 5.92 Å². The number of unbranched alkanes of at least 4 members (excludes halogenated alkanes) is 2. The molecule has 0 heterocycles. The van der Waals surface area contributed by atoms with E-state index in [0.717, 1.165) is 38.5 Å². The van der Waals surface area contributed by atoms with E-state index in [9.17, 15) is 9.59 Å². The smallest absolute Gasteiger partial charge is 0.330 e. The molecule has 0 aliphatic heterocycles. The van der Waals surface area contributed by atoms with E-state index in [-0.39, 0.29) is 17.5 Å². The van der Waals surface area contributed by atoms with Crippen molar-refractivity contribution < 1.29 is 19.1 Å². The second kappa shape index (κ2) is 7.88. The highest BCUT2D eigenvalue weighted by atomic mass is 16.6. The zero-order valence-electron chi connectivity index (χ0n) is 12.2. The largest absolute Gasteiger partial charge is 0.463 e. The Morgan fingerprint density at radius 2 is 1.90 bits per heavy atom. The van der Waals surface area contributed by atoms with E-state index < -0.39 is 0 Å². The maximum atomic E-state index is 11.4. The van der Waals surface area contributed by atoms with Crippen LogP contribution >= 0.6 is 0 Å². The first-order valence-corrected chi connectivity index (χ1v) is 7.18. The van der Waals surface area contributed by atoms with Crippen LogP contribution in [0.4, 0.5) is 0 Å². The van der Waals surface area contributed by atoms with Crippen LogP contribution in [0.1, 0.15) is 45.4 Å². The number of carbonyl (C=O) groups is 2. The summed E-state index contributed by atoms with van der Waals surface area (Å²) in [7, 11) is 0. The first-order chi connectivity index (χ1) is 9.54. The van der Waals surface area contributed by atoms with Gasteiger partial charge in [-0.1, -0.05) is 20.1 Å². The van der Waals surface area contributed by atoms with Crippen molar-refractivity contribution in [3.05, 3.63) is 25.3 Å². The number of rotatable bonds is 9. The minimum atomic E-state index is -0.381. The van der Waals surface area contributed by atoms with E-state index in [0.29, 0.717) is 12.5 Å². The number of hydrogen-bond acceptors (Lipinski definition) is 4. The zero-order valence-corrected chi connectivity index (χ0v) is 12.2. The predicted octanol–water partition coefficient (Wildman–Crippen LogP) is 3.17. The minimum Gasteiger partial charge on any atom is -0.463 e. The fraction of sp³-hybridized carbons (Fsp3) is 0.625. The van der Waals surface area contributed by atoms with Gasteiger partial charge in [-0.05, 0) is 44.4 Å². The summed E-state index contributed by atoms with van der Waals surface area (Å²) in [6.45, 7) is 9.32. The molecule has 1 fully saturated rings. The molecule has 2 unspecified atom stereocenters. The minimum absolute atomic E-state index is 0.303. The fourth-order valence-electron chi connectivity index (χ4n) is 2.51. The molecule has 0 saturated heterocycles. The Hall–Kier alpha value is -1.58. The first kappa shape index (κ1) is 16.5. The van der Waals surface area contributed by atoms with E-state index in [1.54, 1.807) is 0 Å². The SMILES string of the molecule is C=CC(=O)OCCCCCC1(OC(=O)C=C)CCC1C. The first-order valence-electron chi connectivity index (χ1n) is 7.18.